The average Bonchev–Trinajstić information content (AvgIpc) is 3.51. The maximum atomic E-state index is 13.5. The zero-order valence-corrected chi connectivity index (χ0v) is 17.5. The molecule has 1 saturated heterocycles. The molecule has 7 nitrogen and oxygen atoms in total. The third-order valence-corrected chi connectivity index (χ3v) is 6.30. The first kappa shape index (κ1) is 18.6. The van der Waals surface area contributed by atoms with E-state index >= 15 is 0 Å². The van der Waals surface area contributed by atoms with E-state index in [9.17, 15) is 4.79 Å². The van der Waals surface area contributed by atoms with Gasteiger partial charge in [-0.2, -0.15) is 5.10 Å². The molecule has 1 aliphatic carbocycles. The number of halogens is 1. The maximum absolute atomic E-state index is 13.5. The lowest BCUT2D eigenvalue weighted by Crippen LogP contribution is -2.44. The fourth-order valence-electron chi connectivity index (χ4n) is 4.13. The Labute approximate surface area is 177 Å². The predicted molar refractivity (Wildman–Crippen MR) is 114 cm³/mol. The lowest BCUT2D eigenvalue weighted by Gasteiger charge is -2.34. The zero-order chi connectivity index (χ0) is 20.0. The van der Waals surface area contributed by atoms with E-state index in [2.05, 4.69) is 30.9 Å². The van der Waals surface area contributed by atoms with Crippen LogP contribution in [-0.4, -0.2) is 50.7 Å². The molecule has 0 unspecified atom stereocenters. The van der Waals surface area contributed by atoms with Crippen molar-refractivity contribution in [3.8, 4) is 11.3 Å². The van der Waals surface area contributed by atoms with E-state index in [1.54, 1.807) is 4.52 Å². The molecule has 1 amide bonds. The highest BCUT2D eigenvalue weighted by Crippen LogP contribution is 2.35. The van der Waals surface area contributed by atoms with Crippen LogP contribution in [-0.2, 0) is 4.74 Å². The minimum absolute atomic E-state index is 0.107. The lowest BCUT2D eigenvalue weighted by atomic mass is 10.0. The molecule has 3 heterocycles. The Balaban J connectivity index is 1.51. The zero-order valence-electron chi connectivity index (χ0n) is 15.9. The molecule has 3 aromatic rings. The third kappa shape index (κ3) is 3.40. The number of nitrogen functional groups attached to an aromatic ring is 1. The van der Waals surface area contributed by atoms with Crippen molar-refractivity contribution in [1.29, 1.82) is 0 Å². The Hall–Kier alpha value is -2.45. The maximum Gasteiger partial charge on any atom is 0.254 e. The number of nitrogens with two attached hydrogens (primary N) is 1. The molecule has 29 heavy (non-hydrogen) atoms. The molecule has 2 aliphatic rings. The van der Waals surface area contributed by atoms with Gasteiger partial charge in [0.15, 0.2) is 5.82 Å². The largest absolute Gasteiger partial charge is 0.382 e. The van der Waals surface area contributed by atoms with Crippen molar-refractivity contribution < 1.29 is 9.53 Å². The Morgan fingerprint density at radius 3 is 2.69 bits per heavy atom. The minimum atomic E-state index is 0.107. The van der Waals surface area contributed by atoms with Crippen LogP contribution >= 0.6 is 15.9 Å². The summed E-state index contributed by atoms with van der Waals surface area (Å²) in [6, 6.07) is 10.3. The number of amides is 1. The first-order chi connectivity index (χ1) is 14.1. The van der Waals surface area contributed by atoms with Crippen molar-refractivity contribution in [2.45, 2.75) is 37.8 Å². The van der Waals surface area contributed by atoms with Gasteiger partial charge in [-0.1, -0.05) is 12.1 Å². The highest BCUT2D eigenvalue weighted by atomic mass is 79.9. The average molecular weight is 456 g/mol. The van der Waals surface area contributed by atoms with E-state index in [4.69, 9.17) is 10.5 Å². The molecule has 2 fully saturated rings. The van der Waals surface area contributed by atoms with Crippen molar-refractivity contribution >= 4 is 33.2 Å². The van der Waals surface area contributed by atoms with Gasteiger partial charge in [-0.3, -0.25) is 4.79 Å². The van der Waals surface area contributed by atoms with Crippen LogP contribution in [0, 0.1) is 0 Å². The Morgan fingerprint density at radius 1 is 1.17 bits per heavy atom. The van der Waals surface area contributed by atoms with Crippen molar-refractivity contribution in [3.63, 3.8) is 0 Å². The highest BCUT2D eigenvalue weighted by Gasteiger charge is 2.38. The summed E-state index contributed by atoms with van der Waals surface area (Å²) in [5, 5.41) is 4.35. The summed E-state index contributed by atoms with van der Waals surface area (Å²) in [6.07, 6.45) is 5.45. The number of nitrogens with zero attached hydrogens (tertiary/aromatic N) is 4. The van der Waals surface area contributed by atoms with Gasteiger partial charge in [-0.15, -0.1) is 0 Å². The standard InChI is InChI=1S/C21H22BrN5O2/c22-17-11-18(27-19(17)20(23)24-12-25-27)13-2-1-3-14(10-13)21(28)26(15-4-5-15)16-6-8-29-9-7-16/h1-3,10-12,15-16H,4-9H2,(H2,23,24,25). The molecule has 150 valence electrons. The van der Waals surface area contributed by atoms with Crippen LogP contribution in [0.4, 0.5) is 5.82 Å². The van der Waals surface area contributed by atoms with Crippen LogP contribution in [0.2, 0.25) is 0 Å². The van der Waals surface area contributed by atoms with Gasteiger partial charge in [0.1, 0.15) is 11.8 Å². The SMILES string of the molecule is Nc1ncnn2c(-c3cccc(C(=O)N(C4CCOCC4)C4CC4)c3)cc(Br)c12. The topological polar surface area (TPSA) is 85.8 Å². The molecule has 5 rings (SSSR count). The number of carbonyl (C=O) groups is 1. The number of benzene rings is 1. The summed E-state index contributed by atoms with van der Waals surface area (Å²) in [5.41, 5.74) is 9.22. The smallest absolute Gasteiger partial charge is 0.254 e. The molecule has 2 aromatic heterocycles. The summed E-state index contributed by atoms with van der Waals surface area (Å²) in [5.74, 6) is 0.514. The van der Waals surface area contributed by atoms with Gasteiger partial charge in [-0.25, -0.2) is 9.50 Å². The molecule has 8 heteroatoms. The number of anilines is 1. The van der Waals surface area contributed by atoms with E-state index in [0.717, 1.165) is 60.1 Å². The Morgan fingerprint density at radius 2 is 1.93 bits per heavy atom. The van der Waals surface area contributed by atoms with E-state index in [0.29, 0.717) is 17.4 Å². The lowest BCUT2D eigenvalue weighted by molar-refractivity contribution is 0.0267. The normalized spacial score (nSPS) is 17.6. The molecule has 1 saturated carbocycles. The molecule has 2 N–H and O–H groups in total. The van der Waals surface area contributed by atoms with Crippen LogP contribution in [0.1, 0.15) is 36.0 Å². The summed E-state index contributed by atoms with van der Waals surface area (Å²) < 4.78 is 8.08. The number of aromatic nitrogens is 3. The van der Waals surface area contributed by atoms with Crippen molar-refractivity contribution in [1.82, 2.24) is 19.5 Å². The van der Waals surface area contributed by atoms with Crippen LogP contribution < -0.4 is 5.73 Å². The fraction of sp³-hybridized carbons (Fsp3) is 0.381. The Kier molecular flexibility index (Phi) is 4.75. The summed E-state index contributed by atoms with van der Waals surface area (Å²) >= 11 is 3.55. The summed E-state index contributed by atoms with van der Waals surface area (Å²) in [4.78, 5) is 19.6. The minimum Gasteiger partial charge on any atom is -0.382 e. The highest BCUT2D eigenvalue weighted by molar-refractivity contribution is 9.10. The van der Waals surface area contributed by atoms with Crippen LogP contribution in [0.25, 0.3) is 16.8 Å². The molecule has 1 aromatic carbocycles. The number of ether oxygens (including phenoxy) is 1. The molecule has 1 aliphatic heterocycles. The molecule has 0 spiro atoms. The fourth-order valence-corrected chi connectivity index (χ4v) is 4.72. The summed E-state index contributed by atoms with van der Waals surface area (Å²) in [6.45, 7) is 1.46. The van der Waals surface area contributed by atoms with Gasteiger partial charge in [0.05, 0.1) is 5.69 Å². The van der Waals surface area contributed by atoms with Gasteiger partial charge in [-0.05, 0) is 59.8 Å². The number of fused-ring (bicyclic) bond motifs is 1. The van der Waals surface area contributed by atoms with Crippen molar-refractivity contribution in [2.75, 3.05) is 18.9 Å². The summed E-state index contributed by atoms with van der Waals surface area (Å²) in [7, 11) is 0. The number of rotatable bonds is 4. The van der Waals surface area contributed by atoms with Gasteiger partial charge >= 0.3 is 0 Å². The van der Waals surface area contributed by atoms with E-state index in [-0.39, 0.29) is 11.9 Å². The van der Waals surface area contributed by atoms with E-state index in [1.165, 1.54) is 6.33 Å². The first-order valence-corrected chi connectivity index (χ1v) is 10.7. The molecule has 0 radical (unpaired) electrons. The second-order valence-electron chi connectivity index (χ2n) is 7.65. The quantitative estimate of drug-likeness (QED) is 0.650. The predicted octanol–water partition coefficient (Wildman–Crippen LogP) is 3.52. The van der Waals surface area contributed by atoms with Crippen LogP contribution in [0.3, 0.4) is 0 Å². The number of carbonyl (C=O) groups excluding carboxylic acids is 1. The number of hydrogen-bond donors (Lipinski definition) is 1. The van der Waals surface area contributed by atoms with Gasteiger partial charge < -0.3 is 15.4 Å². The molecule has 0 atom stereocenters. The van der Waals surface area contributed by atoms with Crippen molar-refractivity contribution in [3.05, 3.63) is 46.7 Å². The van der Waals surface area contributed by atoms with Gasteiger partial charge in [0.25, 0.3) is 5.91 Å². The van der Waals surface area contributed by atoms with Crippen LogP contribution in [0.15, 0.2) is 41.1 Å². The second kappa shape index (κ2) is 7.42. The van der Waals surface area contributed by atoms with E-state index < -0.39 is 0 Å². The second-order valence-corrected chi connectivity index (χ2v) is 8.51. The monoisotopic (exact) mass is 455 g/mol. The molecule has 0 bridgehead atoms. The molecular weight excluding hydrogens is 434 g/mol. The Bertz CT molecular complexity index is 1070. The molecular formula is C21H22BrN5O2. The van der Waals surface area contributed by atoms with Crippen LogP contribution in [0.5, 0.6) is 0 Å². The van der Waals surface area contributed by atoms with E-state index in [1.807, 2.05) is 30.3 Å². The third-order valence-electron chi connectivity index (χ3n) is 5.70. The van der Waals surface area contributed by atoms with Gasteiger partial charge in [0, 0.05) is 40.9 Å². The number of hydrogen-bond acceptors (Lipinski definition) is 5. The van der Waals surface area contributed by atoms with Gasteiger partial charge in [0.2, 0.25) is 0 Å². The van der Waals surface area contributed by atoms with Crippen molar-refractivity contribution in [2.24, 2.45) is 0 Å². The first-order valence-electron chi connectivity index (χ1n) is 9.92.